The van der Waals surface area contributed by atoms with Crippen LogP contribution >= 0.6 is 15.8 Å². The number of hydrogen-bond donors (Lipinski definition) is 0. The van der Waals surface area contributed by atoms with Crippen LogP contribution in [-0.4, -0.2) is 23.6 Å². The first-order chi connectivity index (χ1) is 14.4. The summed E-state index contributed by atoms with van der Waals surface area (Å²) < 4.78 is 0. The molecule has 0 bridgehead atoms. The Hall–Kier alpha value is -0.700. The molecule has 0 fully saturated rings. The molecule has 0 aliphatic carbocycles. The van der Waals surface area contributed by atoms with Crippen LogP contribution < -0.4 is 10.6 Å². The second-order valence-electron chi connectivity index (χ2n) is 13.3. The summed E-state index contributed by atoms with van der Waals surface area (Å²) in [6.45, 7) is 29.2. The molecule has 0 saturated heterocycles. The SMILES string of the molecule is C[P@@](c1ccccc1-c1ccccc1[P@](C)C(C)(C)CC(C)(C)C)C(C)(C)CC(C)(C)C. The molecule has 2 atom stereocenters. The number of hydrogen-bond acceptors (Lipinski definition) is 0. The third-order valence-corrected chi connectivity index (χ3v) is 12.7. The van der Waals surface area contributed by atoms with Crippen molar-refractivity contribution in [1.29, 1.82) is 0 Å². The molecule has 0 aromatic heterocycles. The van der Waals surface area contributed by atoms with E-state index < -0.39 is 0 Å². The van der Waals surface area contributed by atoms with E-state index in [2.05, 4.69) is 131 Å². The molecule has 0 saturated carbocycles. The lowest BCUT2D eigenvalue weighted by Crippen LogP contribution is -2.30. The smallest absolute Gasteiger partial charge is 0.0100 e. The summed E-state index contributed by atoms with van der Waals surface area (Å²) in [6, 6.07) is 18.5. The first-order valence-corrected chi connectivity index (χ1v) is 15.7. The molecule has 0 aliphatic rings. The van der Waals surface area contributed by atoms with Crippen molar-refractivity contribution in [3.8, 4) is 11.1 Å². The predicted octanol–water partition coefficient (Wildman–Crippen LogP) is 9.26. The molecular weight excluding hydrogens is 422 g/mol. The maximum absolute atomic E-state index is 2.50. The lowest BCUT2D eigenvalue weighted by atomic mass is 9.86. The summed E-state index contributed by atoms with van der Waals surface area (Å²) in [6.07, 6.45) is 2.47. The Kier molecular flexibility index (Phi) is 8.51. The van der Waals surface area contributed by atoms with E-state index >= 15 is 0 Å². The van der Waals surface area contributed by atoms with Crippen molar-refractivity contribution < 1.29 is 0 Å². The summed E-state index contributed by atoms with van der Waals surface area (Å²) in [5, 5.41) is 3.70. The van der Waals surface area contributed by atoms with Gasteiger partial charge in [-0.1, -0.05) is 134 Å². The van der Waals surface area contributed by atoms with Gasteiger partial charge in [-0.3, -0.25) is 0 Å². The molecule has 0 nitrogen and oxygen atoms in total. The maximum atomic E-state index is 2.50. The zero-order chi connectivity index (χ0) is 24.5. The van der Waals surface area contributed by atoms with Gasteiger partial charge in [0.15, 0.2) is 0 Å². The highest BCUT2D eigenvalue weighted by molar-refractivity contribution is 7.67. The van der Waals surface area contributed by atoms with Gasteiger partial charge in [-0.15, -0.1) is 0 Å². The molecule has 0 heterocycles. The fourth-order valence-corrected chi connectivity index (χ4v) is 9.93. The lowest BCUT2D eigenvalue weighted by Gasteiger charge is -2.40. The van der Waals surface area contributed by atoms with E-state index in [0.717, 1.165) is 0 Å². The van der Waals surface area contributed by atoms with Crippen molar-refractivity contribution in [3.05, 3.63) is 48.5 Å². The molecule has 32 heavy (non-hydrogen) atoms. The van der Waals surface area contributed by atoms with Crippen LogP contribution in [0.25, 0.3) is 11.1 Å². The van der Waals surface area contributed by atoms with Crippen LogP contribution in [0.3, 0.4) is 0 Å². The molecule has 0 N–H and O–H groups in total. The second kappa shape index (κ2) is 9.88. The molecule has 0 amide bonds. The Morgan fingerprint density at radius 1 is 0.500 bits per heavy atom. The van der Waals surface area contributed by atoms with Crippen LogP contribution in [0, 0.1) is 10.8 Å². The zero-order valence-corrected chi connectivity index (χ0v) is 24.7. The second-order valence-corrected chi connectivity index (χ2v) is 18.9. The van der Waals surface area contributed by atoms with Crippen molar-refractivity contribution in [3.63, 3.8) is 0 Å². The third-order valence-electron chi connectivity index (χ3n) is 6.56. The van der Waals surface area contributed by atoms with E-state index in [1.165, 1.54) is 24.0 Å². The highest BCUT2D eigenvalue weighted by atomic mass is 31.1. The van der Waals surface area contributed by atoms with Gasteiger partial charge in [-0.25, -0.2) is 0 Å². The van der Waals surface area contributed by atoms with Gasteiger partial charge in [-0.05, 0) is 69.0 Å². The average Bonchev–Trinajstić information content (AvgIpc) is 2.63. The van der Waals surface area contributed by atoms with Gasteiger partial charge < -0.3 is 0 Å². The zero-order valence-electron chi connectivity index (χ0n) is 22.9. The van der Waals surface area contributed by atoms with E-state index in [9.17, 15) is 0 Å². The Labute approximate surface area is 202 Å². The summed E-state index contributed by atoms with van der Waals surface area (Å²) in [5.41, 5.74) is 3.59. The van der Waals surface area contributed by atoms with Gasteiger partial charge in [0.2, 0.25) is 0 Å². The van der Waals surface area contributed by atoms with Crippen LogP contribution in [0.5, 0.6) is 0 Å². The Morgan fingerprint density at radius 3 is 1.06 bits per heavy atom. The van der Waals surface area contributed by atoms with Gasteiger partial charge in [0, 0.05) is 0 Å². The van der Waals surface area contributed by atoms with Crippen molar-refractivity contribution in [2.24, 2.45) is 10.8 Å². The normalized spacial score (nSPS) is 15.5. The van der Waals surface area contributed by atoms with Crippen LogP contribution in [0.1, 0.15) is 82.1 Å². The first kappa shape index (κ1) is 27.5. The molecule has 2 heteroatoms. The van der Waals surface area contributed by atoms with Gasteiger partial charge in [0.05, 0.1) is 0 Å². The van der Waals surface area contributed by atoms with Crippen molar-refractivity contribution >= 4 is 26.5 Å². The standard InChI is InChI=1S/C30H48P2/c1-27(2,3)21-29(7,8)31(11)25-19-15-13-17-23(25)24-18-14-16-20-26(24)32(12)30(9,10)22-28(4,5)6/h13-20H,21-22H2,1-12H3/t31-,32-/m0/s1. The highest BCUT2D eigenvalue weighted by Gasteiger charge is 2.35. The molecule has 0 unspecified atom stereocenters. The minimum Gasteiger partial charge on any atom is -0.0720 e. The molecule has 0 radical (unpaired) electrons. The van der Waals surface area contributed by atoms with Gasteiger partial charge in [0.25, 0.3) is 0 Å². The summed E-state index contributed by atoms with van der Waals surface area (Å²) in [4.78, 5) is 0. The quantitative estimate of drug-likeness (QED) is 0.354. The van der Waals surface area contributed by atoms with Crippen LogP contribution in [-0.2, 0) is 0 Å². The Morgan fingerprint density at radius 2 is 0.781 bits per heavy atom. The van der Waals surface area contributed by atoms with E-state index in [-0.39, 0.29) is 15.8 Å². The first-order valence-electron chi connectivity index (χ1n) is 12.1. The largest absolute Gasteiger partial charge is 0.0720 e. The summed E-state index contributed by atoms with van der Waals surface area (Å²) in [5.74, 6) is 0. The van der Waals surface area contributed by atoms with E-state index in [0.29, 0.717) is 21.1 Å². The van der Waals surface area contributed by atoms with Crippen molar-refractivity contribution in [2.75, 3.05) is 13.3 Å². The van der Waals surface area contributed by atoms with Crippen LogP contribution in [0.15, 0.2) is 48.5 Å². The highest BCUT2D eigenvalue weighted by Crippen LogP contribution is 2.54. The molecule has 0 aliphatic heterocycles. The molecule has 2 aromatic carbocycles. The Balaban J connectivity index is 2.56. The summed E-state index contributed by atoms with van der Waals surface area (Å²) >= 11 is 0. The Bertz CT molecular complexity index is 818. The lowest BCUT2D eigenvalue weighted by molar-refractivity contribution is 0.336. The maximum Gasteiger partial charge on any atom is -0.0100 e. The molecule has 2 aromatic rings. The number of rotatable bonds is 7. The van der Waals surface area contributed by atoms with Crippen LogP contribution in [0.2, 0.25) is 0 Å². The van der Waals surface area contributed by atoms with Gasteiger partial charge >= 0.3 is 0 Å². The predicted molar refractivity (Wildman–Crippen MR) is 153 cm³/mol. The molecular formula is C30H48P2. The van der Waals surface area contributed by atoms with E-state index in [1.54, 1.807) is 10.6 Å². The van der Waals surface area contributed by atoms with Gasteiger partial charge in [-0.2, -0.15) is 0 Å². The average molecular weight is 471 g/mol. The fraction of sp³-hybridized carbons (Fsp3) is 0.600. The number of benzene rings is 2. The molecule has 0 spiro atoms. The van der Waals surface area contributed by atoms with E-state index in [1.807, 2.05) is 0 Å². The third kappa shape index (κ3) is 7.15. The monoisotopic (exact) mass is 470 g/mol. The topological polar surface area (TPSA) is 0 Å². The van der Waals surface area contributed by atoms with Crippen molar-refractivity contribution in [1.82, 2.24) is 0 Å². The van der Waals surface area contributed by atoms with E-state index in [4.69, 9.17) is 0 Å². The fourth-order valence-electron chi connectivity index (χ4n) is 5.47. The summed E-state index contributed by atoms with van der Waals surface area (Å²) in [7, 11) is -0.605. The molecule has 178 valence electrons. The van der Waals surface area contributed by atoms with Crippen LogP contribution in [0.4, 0.5) is 0 Å². The van der Waals surface area contributed by atoms with Crippen molar-refractivity contribution in [2.45, 2.75) is 92.4 Å². The molecule has 2 rings (SSSR count). The van der Waals surface area contributed by atoms with Gasteiger partial charge in [0.1, 0.15) is 0 Å². The minimum absolute atomic E-state index is 0.293. The minimum atomic E-state index is -0.302.